The molecule has 4 nitrogen and oxygen atoms in total. The summed E-state index contributed by atoms with van der Waals surface area (Å²) in [6, 6.07) is 1.54. The highest BCUT2D eigenvalue weighted by molar-refractivity contribution is 9.10. The first kappa shape index (κ1) is 9.98. The molecular weight excluding hydrogens is 238 g/mol. The second-order valence-corrected chi connectivity index (χ2v) is 3.31. The minimum atomic E-state index is -0.315. The van der Waals surface area contributed by atoms with Crippen molar-refractivity contribution in [1.82, 2.24) is 5.32 Å². The molecule has 1 aromatic heterocycles. The first-order valence-corrected chi connectivity index (χ1v) is 4.40. The van der Waals surface area contributed by atoms with Crippen LogP contribution in [0.1, 0.15) is 17.3 Å². The Hall–Kier alpha value is -1.10. The van der Waals surface area contributed by atoms with Crippen molar-refractivity contribution in [3.63, 3.8) is 0 Å². The molecule has 0 aliphatic rings. The fraction of sp³-hybridized carbons (Fsp3) is 0.250. The highest BCUT2D eigenvalue weighted by Gasteiger charge is 2.08. The highest BCUT2D eigenvalue weighted by Crippen LogP contribution is 2.13. The zero-order valence-corrected chi connectivity index (χ0v) is 8.55. The smallest absolute Gasteiger partial charge is 0.254 e. The van der Waals surface area contributed by atoms with E-state index in [-0.39, 0.29) is 18.2 Å². The molecule has 1 amide bonds. The van der Waals surface area contributed by atoms with Crippen LogP contribution in [0.25, 0.3) is 0 Å². The minimum absolute atomic E-state index is 0.0433. The number of ketones is 1. The van der Waals surface area contributed by atoms with Gasteiger partial charge >= 0.3 is 0 Å². The summed E-state index contributed by atoms with van der Waals surface area (Å²) in [5, 5.41) is 2.44. The van der Waals surface area contributed by atoms with Crippen molar-refractivity contribution in [2.24, 2.45) is 0 Å². The molecule has 0 radical (unpaired) electrons. The predicted molar refractivity (Wildman–Crippen MR) is 49.4 cm³/mol. The lowest BCUT2D eigenvalue weighted by Gasteiger charge is -1.98. The molecule has 0 fully saturated rings. The average molecular weight is 246 g/mol. The van der Waals surface area contributed by atoms with Gasteiger partial charge in [0.2, 0.25) is 0 Å². The van der Waals surface area contributed by atoms with Gasteiger partial charge in [-0.25, -0.2) is 0 Å². The summed E-state index contributed by atoms with van der Waals surface area (Å²) < 4.78 is 5.35. The standard InChI is InChI=1S/C8H8BrNO3/c1-5(11)3-10-8(12)6-2-7(9)13-4-6/h2,4H,3H2,1H3,(H,10,12). The predicted octanol–water partition coefficient (Wildman–Crippen LogP) is 1.36. The van der Waals surface area contributed by atoms with Crippen molar-refractivity contribution in [3.8, 4) is 0 Å². The van der Waals surface area contributed by atoms with Crippen LogP contribution in [0.4, 0.5) is 0 Å². The number of hydrogen-bond donors (Lipinski definition) is 1. The number of hydrogen-bond acceptors (Lipinski definition) is 3. The number of carbonyl (C=O) groups excluding carboxylic acids is 2. The Morgan fingerprint density at radius 1 is 1.62 bits per heavy atom. The third kappa shape index (κ3) is 3.02. The topological polar surface area (TPSA) is 59.3 Å². The molecule has 1 N–H and O–H groups in total. The van der Waals surface area contributed by atoms with Gasteiger partial charge in [0.25, 0.3) is 5.91 Å². The van der Waals surface area contributed by atoms with Crippen LogP contribution in [0.5, 0.6) is 0 Å². The molecule has 0 unspecified atom stereocenters. The van der Waals surface area contributed by atoms with Crippen LogP contribution in [0.2, 0.25) is 0 Å². The van der Waals surface area contributed by atoms with E-state index in [1.54, 1.807) is 0 Å². The number of amides is 1. The van der Waals surface area contributed by atoms with E-state index in [0.29, 0.717) is 10.2 Å². The number of furan rings is 1. The third-order valence-electron chi connectivity index (χ3n) is 1.33. The van der Waals surface area contributed by atoms with Crippen molar-refractivity contribution in [3.05, 3.63) is 22.6 Å². The zero-order valence-electron chi connectivity index (χ0n) is 6.96. The molecule has 0 aliphatic heterocycles. The lowest BCUT2D eigenvalue weighted by Crippen LogP contribution is -2.27. The maximum atomic E-state index is 11.2. The van der Waals surface area contributed by atoms with E-state index in [0.717, 1.165) is 0 Å². The van der Waals surface area contributed by atoms with E-state index in [9.17, 15) is 9.59 Å². The molecule has 0 aliphatic carbocycles. The van der Waals surface area contributed by atoms with Gasteiger partial charge in [-0.2, -0.15) is 0 Å². The van der Waals surface area contributed by atoms with Gasteiger partial charge in [0, 0.05) is 6.07 Å². The maximum Gasteiger partial charge on any atom is 0.254 e. The summed E-state index contributed by atoms with van der Waals surface area (Å²) in [5.41, 5.74) is 0.396. The molecule has 0 saturated heterocycles. The van der Waals surface area contributed by atoms with Crippen LogP contribution in [0.15, 0.2) is 21.4 Å². The fourth-order valence-corrected chi connectivity index (χ4v) is 1.08. The summed E-state index contributed by atoms with van der Waals surface area (Å²) >= 11 is 3.07. The molecule has 0 aromatic carbocycles. The van der Waals surface area contributed by atoms with Gasteiger partial charge in [0.05, 0.1) is 12.1 Å². The minimum Gasteiger partial charge on any atom is -0.457 e. The Bertz CT molecular complexity index is 332. The maximum absolute atomic E-state index is 11.2. The van der Waals surface area contributed by atoms with Gasteiger partial charge in [0.15, 0.2) is 4.67 Å². The molecule has 13 heavy (non-hydrogen) atoms. The van der Waals surface area contributed by atoms with Gasteiger partial charge < -0.3 is 9.73 Å². The Balaban J connectivity index is 2.54. The second-order valence-electron chi connectivity index (χ2n) is 2.52. The number of carbonyl (C=O) groups is 2. The van der Waals surface area contributed by atoms with E-state index in [4.69, 9.17) is 4.42 Å². The van der Waals surface area contributed by atoms with Gasteiger partial charge in [0.1, 0.15) is 12.0 Å². The number of rotatable bonds is 3. The Labute approximate surface area is 83.4 Å². The lowest BCUT2D eigenvalue weighted by atomic mass is 10.3. The molecule has 70 valence electrons. The zero-order chi connectivity index (χ0) is 9.84. The first-order chi connectivity index (χ1) is 6.09. The summed E-state index contributed by atoms with van der Waals surface area (Å²) in [7, 11) is 0. The van der Waals surface area contributed by atoms with Crippen LogP contribution in [-0.2, 0) is 4.79 Å². The van der Waals surface area contributed by atoms with E-state index in [2.05, 4.69) is 21.2 Å². The van der Waals surface area contributed by atoms with Crippen molar-refractivity contribution >= 4 is 27.6 Å². The van der Waals surface area contributed by atoms with Crippen molar-refractivity contribution in [2.45, 2.75) is 6.92 Å². The Morgan fingerprint density at radius 2 is 2.31 bits per heavy atom. The molecule has 1 aromatic rings. The van der Waals surface area contributed by atoms with Crippen LogP contribution in [0.3, 0.4) is 0 Å². The van der Waals surface area contributed by atoms with Crippen molar-refractivity contribution in [2.75, 3.05) is 6.54 Å². The molecular formula is C8H8BrNO3. The SMILES string of the molecule is CC(=O)CNC(=O)c1coc(Br)c1. The quantitative estimate of drug-likeness (QED) is 0.875. The third-order valence-corrected chi connectivity index (χ3v) is 1.74. The molecule has 1 heterocycles. The van der Waals surface area contributed by atoms with Gasteiger partial charge in [-0.1, -0.05) is 0 Å². The van der Waals surface area contributed by atoms with E-state index in [1.807, 2.05) is 0 Å². The van der Waals surface area contributed by atoms with Crippen LogP contribution >= 0.6 is 15.9 Å². The second kappa shape index (κ2) is 4.23. The van der Waals surface area contributed by atoms with Crippen molar-refractivity contribution in [1.29, 1.82) is 0 Å². The highest BCUT2D eigenvalue weighted by atomic mass is 79.9. The van der Waals surface area contributed by atoms with Gasteiger partial charge in [-0.3, -0.25) is 9.59 Å². The normalized spacial score (nSPS) is 9.69. The monoisotopic (exact) mass is 245 g/mol. The Morgan fingerprint density at radius 3 is 2.77 bits per heavy atom. The molecule has 1 rings (SSSR count). The number of halogens is 1. The van der Waals surface area contributed by atoms with Gasteiger partial charge in [-0.15, -0.1) is 0 Å². The van der Waals surface area contributed by atoms with Crippen LogP contribution in [0, 0.1) is 0 Å². The van der Waals surface area contributed by atoms with E-state index >= 15 is 0 Å². The molecule has 0 saturated carbocycles. The summed E-state index contributed by atoms with van der Waals surface area (Å²) in [6.07, 6.45) is 1.32. The number of Topliss-reactive ketones (excluding diaryl/α,β-unsaturated/α-hetero) is 1. The summed E-state index contributed by atoms with van der Waals surface area (Å²) in [5.74, 6) is -0.402. The summed E-state index contributed by atoms with van der Waals surface area (Å²) in [6.45, 7) is 1.45. The Kier molecular flexibility index (Phi) is 3.25. The van der Waals surface area contributed by atoms with Gasteiger partial charge in [-0.05, 0) is 22.9 Å². The average Bonchev–Trinajstić information content (AvgIpc) is 2.47. The summed E-state index contributed by atoms with van der Waals surface area (Å²) in [4.78, 5) is 21.8. The fourth-order valence-electron chi connectivity index (χ4n) is 0.736. The molecule has 0 atom stereocenters. The first-order valence-electron chi connectivity index (χ1n) is 3.61. The van der Waals surface area contributed by atoms with Crippen molar-refractivity contribution < 1.29 is 14.0 Å². The molecule has 0 bridgehead atoms. The van der Waals surface area contributed by atoms with E-state index < -0.39 is 0 Å². The lowest BCUT2D eigenvalue weighted by molar-refractivity contribution is -0.116. The van der Waals surface area contributed by atoms with Crippen LogP contribution < -0.4 is 5.32 Å². The number of nitrogens with one attached hydrogen (secondary N) is 1. The molecule has 5 heteroatoms. The van der Waals surface area contributed by atoms with E-state index in [1.165, 1.54) is 19.3 Å². The largest absolute Gasteiger partial charge is 0.457 e. The molecule has 0 spiro atoms. The van der Waals surface area contributed by atoms with Crippen LogP contribution in [-0.4, -0.2) is 18.2 Å².